The molecule has 0 heterocycles. The summed E-state index contributed by atoms with van der Waals surface area (Å²) < 4.78 is 34.1. The van der Waals surface area contributed by atoms with Gasteiger partial charge in [-0.15, -0.1) is 0 Å². The van der Waals surface area contributed by atoms with Gasteiger partial charge in [-0.05, 0) is 70.6 Å². The highest BCUT2D eigenvalue weighted by atomic mass is 31.2. The van der Waals surface area contributed by atoms with Gasteiger partial charge in [-0.3, -0.25) is 14.2 Å². The number of quaternary nitrogens is 1. The molecule has 0 radical (unpaired) electrons. The van der Waals surface area contributed by atoms with Crippen molar-refractivity contribution in [3.8, 4) is 0 Å². The Balaban J connectivity index is 4.09. The van der Waals surface area contributed by atoms with Gasteiger partial charge < -0.3 is 27.9 Å². The van der Waals surface area contributed by atoms with Crippen LogP contribution in [0.1, 0.15) is 251 Å². The van der Waals surface area contributed by atoms with E-state index in [0.29, 0.717) is 23.9 Å². The summed E-state index contributed by atoms with van der Waals surface area (Å²) in [6, 6.07) is 0. The SMILES string of the molecule is CCCC/C=C\C/C=C\CCCCCCCC(=O)OCC(COP(=O)([O-])OCC[N+](C)(C)C)OC(=O)CCCCCCCCCCCCCCCCCCC/C=C\C/C=C\CCCCCCC. The molecule has 0 aromatic carbocycles. The number of carbonyl (C=O) groups excluding carboxylic acids is 2. The quantitative estimate of drug-likeness (QED) is 0.0195. The number of hydrogen-bond acceptors (Lipinski definition) is 8. The van der Waals surface area contributed by atoms with Crippen molar-refractivity contribution in [2.24, 2.45) is 0 Å². The number of unbranched alkanes of at least 4 members (excludes halogenated alkanes) is 29. The minimum Gasteiger partial charge on any atom is -0.756 e. The van der Waals surface area contributed by atoms with Crippen LogP contribution in [0.25, 0.3) is 0 Å². The molecule has 0 fully saturated rings. The topological polar surface area (TPSA) is 111 Å². The maximum atomic E-state index is 12.8. The smallest absolute Gasteiger partial charge is 0.306 e. The van der Waals surface area contributed by atoms with E-state index in [1.54, 1.807) is 0 Å². The van der Waals surface area contributed by atoms with Gasteiger partial charge in [-0.25, -0.2) is 0 Å². The zero-order valence-electron chi connectivity index (χ0n) is 44.3. The molecule has 392 valence electrons. The molecule has 0 rings (SSSR count). The van der Waals surface area contributed by atoms with Crippen LogP contribution in [0.5, 0.6) is 0 Å². The van der Waals surface area contributed by atoms with Crippen molar-refractivity contribution in [1.29, 1.82) is 0 Å². The van der Waals surface area contributed by atoms with Crippen LogP contribution in [0.15, 0.2) is 48.6 Å². The third kappa shape index (κ3) is 53.2. The summed E-state index contributed by atoms with van der Waals surface area (Å²) in [7, 11) is 1.16. The summed E-state index contributed by atoms with van der Waals surface area (Å²) >= 11 is 0. The van der Waals surface area contributed by atoms with E-state index in [9.17, 15) is 19.0 Å². The van der Waals surface area contributed by atoms with Crippen LogP contribution in [0.2, 0.25) is 0 Å². The van der Waals surface area contributed by atoms with Crippen molar-refractivity contribution >= 4 is 19.8 Å². The van der Waals surface area contributed by atoms with Gasteiger partial charge >= 0.3 is 11.9 Å². The molecule has 0 aliphatic rings. The molecule has 0 spiro atoms. The van der Waals surface area contributed by atoms with Crippen molar-refractivity contribution in [3.05, 3.63) is 48.6 Å². The summed E-state index contributed by atoms with van der Waals surface area (Å²) in [5.41, 5.74) is 0. The molecular weight excluding hydrogens is 858 g/mol. The van der Waals surface area contributed by atoms with Crippen LogP contribution in [0.4, 0.5) is 0 Å². The van der Waals surface area contributed by atoms with Gasteiger partial charge in [0.05, 0.1) is 27.7 Å². The zero-order chi connectivity index (χ0) is 49.2. The molecule has 9 nitrogen and oxygen atoms in total. The zero-order valence-corrected chi connectivity index (χ0v) is 45.2. The van der Waals surface area contributed by atoms with Crippen LogP contribution in [-0.2, 0) is 32.7 Å². The number of allylic oxidation sites excluding steroid dienone is 8. The van der Waals surface area contributed by atoms with Crippen molar-refractivity contribution < 1.29 is 42.1 Å². The van der Waals surface area contributed by atoms with Gasteiger partial charge in [0.25, 0.3) is 7.82 Å². The second-order valence-electron chi connectivity index (χ2n) is 19.9. The maximum absolute atomic E-state index is 12.8. The van der Waals surface area contributed by atoms with E-state index in [1.807, 2.05) is 21.1 Å². The Labute approximate surface area is 414 Å². The first kappa shape index (κ1) is 65.0. The molecule has 0 saturated heterocycles. The predicted octanol–water partition coefficient (Wildman–Crippen LogP) is 16.3. The number of ether oxygens (including phenoxy) is 2. The number of phosphoric ester groups is 1. The predicted molar refractivity (Wildman–Crippen MR) is 282 cm³/mol. The Morgan fingerprint density at radius 2 is 0.821 bits per heavy atom. The van der Waals surface area contributed by atoms with Gasteiger partial charge in [-0.2, -0.15) is 0 Å². The second kappa shape index (κ2) is 49.0. The lowest BCUT2D eigenvalue weighted by Crippen LogP contribution is -2.37. The molecular formula is C57H106NO8P. The van der Waals surface area contributed by atoms with Crippen LogP contribution < -0.4 is 4.89 Å². The lowest BCUT2D eigenvalue weighted by atomic mass is 10.0. The Kier molecular flexibility index (Phi) is 47.5. The second-order valence-corrected chi connectivity index (χ2v) is 21.4. The summed E-state index contributed by atoms with van der Waals surface area (Å²) in [6.45, 7) is 4.19. The highest BCUT2D eigenvalue weighted by Crippen LogP contribution is 2.38. The Morgan fingerprint density at radius 3 is 1.22 bits per heavy atom. The number of nitrogens with zero attached hydrogens (tertiary/aromatic N) is 1. The summed E-state index contributed by atoms with van der Waals surface area (Å²) in [5, 5.41) is 0. The minimum absolute atomic E-state index is 0.0331. The van der Waals surface area contributed by atoms with Crippen LogP contribution in [0, 0.1) is 0 Å². The largest absolute Gasteiger partial charge is 0.756 e. The fourth-order valence-corrected chi connectivity index (χ4v) is 8.43. The van der Waals surface area contributed by atoms with Crippen LogP contribution in [0.3, 0.4) is 0 Å². The Bertz CT molecular complexity index is 1270. The van der Waals surface area contributed by atoms with Crippen molar-refractivity contribution in [2.75, 3.05) is 47.5 Å². The van der Waals surface area contributed by atoms with Crippen molar-refractivity contribution in [2.45, 2.75) is 258 Å². The van der Waals surface area contributed by atoms with Gasteiger partial charge in [0, 0.05) is 12.8 Å². The van der Waals surface area contributed by atoms with E-state index in [2.05, 4.69) is 62.5 Å². The van der Waals surface area contributed by atoms with Crippen LogP contribution in [-0.4, -0.2) is 70.0 Å². The minimum atomic E-state index is -4.63. The average Bonchev–Trinajstić information content (AvgIpc) is 3.29. The van der Waals surface area contributed by atoms with E-state index >= 15 is 0 Å². The molecule has 10 heteroatoms. The lowest BCUT2D eigenvalue weighted by molar-refractivity contribution is -0.870. The van der Waals surface area contributed by atoms with Crippen molar-refractivity contribution in [1.82, 2.24) is 0 Å². The molecule has 0 saturated carbocycles. The molecule has 2 atom stereocenters. The normalized spacial score (nSPS) is 13.7. The van der Waals surface area contributed by atoms with Gasteiger partial charge in [0.1, 0.15) is 19.8 Å². The maximum Gasteiger partial charge on any atom is 0.306 e. The van der Waals surface area contributed by atoms with E-state index < -0.39 is 32.5 Å². The number of phosphoric acid groups is 1. The van der Waals surface area contributed by atoms with E-state index in [0.717, 1.165) is 70.6 Å². The highest BCUT2D eigenvalue weighted by molar-refractivity contribution is 7.45. The third-order valence-corrected chi connectivity index (χ3v) is 13.0. The first-order valence-electron chi connectivity index (χ1n) is 27.8. The van der Waals surface area contributed by atoms with Gasteiger partial charge in [0.2, 0.25) is 0 Å². The number of esters is 2. The Hall–Kier alpha value is -2.03. The molecule has 0 aliphatic carbocycles. The number of carbonyl (C=O) groups is 2. The molecule has 0 bridgehead atoms. The van der Waals surface area contributed by atoms with E-state index in [1.165, 1.54) is 141 Å². The first-order chi connectivity index (χ1) is 32.5. The highest BCUT2D eigenvalue weighted by Gasteiger charge is 2.21. The summed E-state index contributed by atoms with van der Waals surface area (Å²) in [4.78, 5) is 37.7. The van der Waals surface area contributed by atoms with Gasteiger partial charge in [0.15, 0.2) is 6.10 Å². The molecule has 67 heavy (non-hydrogen) atoms. The monoisotopic (exact) mass is 964 g/mol. The molecule has 2 unspecified atom stereocenters. The Morgan fingerprint density at radius 1 is 0.463 bits per heavy atom. The first-order valence-corrected chi connectivity index (χ1v) is 29.3. The van der Waals surface area contributed by atoms with E-state index in [-0.39, 0.29) is 26.1 Å². The number of likely N-dealkylation sites (N-methyl/N-ethyl adjacent to an activating group) is 1. The fraction of sp³-hybridized carbons (Fsp3) is 0.825. The fourth-order valence-electron chi connectivity index (χ4n) is 7.70. The van der Waals surface area contributed by atoms with Crippen LogP contribution >= 0.6 is 7.82 Å². The average molecular weight is 964 g/mol. The molecule has 0 N–H and O–H groups in total. The molecule has 0 amide bonds. The number of hydrogen-bond donors (Lipinski definition) is 0. The summed E-state index contributed by atoms with van der Waals surface area (Å²) in [6.07, 6.45) is 60.2. The standard InChI is InChI=1S/C57H106NO8P/c1-6-8-10-12-14-16-18-20-22-23-24-25-26-27-28-29-30-31-32-33-34-35-36-38-40-42-44-46-48-50-57(60)66-55(54-65-67(61,62)64-52-51-58(3,4)5)53-63-56(59)49-47-45-43-41-39-37-21-19-17-15-13-11-9-7-2/h13,15,18-21,23-24,55H,6-12,14,16-17,22,25-54H2,1-5H3/b15-13-,20-18-,21-19-,24-23-. The summed E-state index contributed by atoms with van der Waals surface area (Å²) in [5.74, 6) is -0.843. The van der Waals surface area contributed by atoms with E-state index in [4.69, 9.17) is 18.5 Å². The number of rotatable bonds is 51. The van der Waals surface area contributed by atoms with Crippen molar-refractivity contribution in [3.63, 3.8) is 0 Å². The lowest BCUT2D eigenvalue weighted by Gasteiger charge is -2.28. The molecule has 0 aromatic rings. The third-order valence-electron chi connectivity index (χ3n) is 12.1. The van der Waals surface area contributed by atoms with Gasteiger partial charge in [-0.1, -0.05) is 217 Å². The molecule has 0 aliphatic heterocycles. The molecule has 0 aromatic heterocycles.